The third-order valence-electron chi connectivity index (χ3n) is 1.94. The summed E-state index contributed by atoms with van der Waals surface area (Å²) in [4.78, 5) is 0. The summed E-state index contributed by atoms with van der Waals surface area (Å²) in [5.41, 5.74) is 0. The molecule has 0 aromatic heterocycles. The van der Waals surface area contributed by atoms with Crippen LogP contribution in [-0.2, 0) is 0 Å². The predicted molar refractivity (Wildman–Crippen MR) is 48.2 cm³/mol. The summed E-state index contributed by atoms with van der Waals surface area (Å²) in [6.07, 6.45) is 1.82. The maximum Gasteiger partial charge on any atom is 0.241 e. The average molecular weight is 177 g/mol. The number of halogens is 2. The van der Waals surface area contributed by atoms with E-state index in [9.17, 15) is 8.78 Å². The molecule has 0 nitrogen and oxygen atoms in total. The second-order valence-electron chi connectivity index (χ2n) is 3.61. The zero-order valence-electron chi connectivity index (χ0n) is 8.19. The van der Waals surface area contributed by atoms with E-state index in [1.807, 2.05) is 6.92 Å². The summed E-state index contributed by atoms with van der Waals surface area (Å²) in [6, 6.07) is 0. The molecule has 0 aromatic rings. The Labute approximate surface area is 74.4 Å². The zero-order valence-corrected chi connectivity index (χ0v) is 8.19. The maximum absolute atomic E-state index is 12.3. The molecule has 2 heteroatoms. The number of rotatable bonds is 6. The van der Waals surface area contributed by atoms with Gasteiger partial charge in [-0.3, -0.25) is 0 Å². The number of hydrogen-bond donors (Lipinski definition) is 0. The van der Waals surface area contributed by atoms with Gasteiger partial charge in [0.15, 0.2) is 0 Å². The van der Waals surface area contributed by atoms with Gasteiger partial charge in [-0.2, -0.15) is 0 Å². The molecule has 0 rings (SSSR count). The van der Waals surface area contributed by atoms with Crippen LogP contribution in [-0.4, -0.2) is 6.43 Å². The van der Waals surface area contributed by atoms with E-state index in [2.05, 4.69) is 13.8 Å². The van der Waals surface area contributed by atoms with Crippen molar-refractivity contribution in [2.75, 3.05) is 0 Å². The van der Waals surface area contributed by atoms with E-state index in [4.69, 9.17) is 0 Å². The topological polar surface area (TPSA) is 0 Å². The van der Waals surface area contributed by atoms with Crippen molar-refractivity contribution in [3.05, 3.63) is 6.42 Å². The van der Waals surface area contributed by atoms with E-state index < -0.39 is 12.3 Å². The quantitative estimate of drug-likeness (QED) is 0.577. The first-order valence-electron chi connectivity index (χ1n) is 4.69. The van der Waals surface area contributed by atoms with E-state index in [-0.39, 0.29) is 0 Å². The lowest BCUT2D eigenvalue weighted by Gasteiger charge is -2.15. The van der Waals surface area contributed by atoms with Gasteiger partial charge in [-0.25, -0.2) is 8.78 Å². The van der Waals surface area contributed by atoms with Gasteiger partial charge in [-0.1, -0.05) is 33.6 Å². The lowest BCUT2D eigenvalue weighted by Crippen LogP contribution is -2.12. The van der Waals surface area contributed by atoms with Crippen LogP contribution in [0.2, 0.25) is 0 Å². The highest BCUT2D eigenvalue weighted by molar-refractivity contribution is 4.77. The van der Waals surface area contributed by atoms with Crippen LogP contribution >= 0.6 is 0 Å². The van der Waals surface area contributed by atoms with Crippen LogP contribution in [0.25, 0.3) is 0 Å². The zero-order chi connectivity index (χ0) is 9.56. The fraction of sp³-hybridized carbons (Fsp3) is 0.900. The van der Waals surface area contributed by atoms with E-state index in [0.717, 1.165) is 12.8 Å². The van der Waals surface area contributed by atoms with E-state index >= 15 is 0 Å². The molecule has 12 heavy (non-hydrogen) atoms. The predicted octanol–water partition coefficient (Wildman–Crippen LogP) is 3.92. The lowest BCUT2D eigenvalue weighted by molar-refractivity contribution is 0.0841. The number of hydrogen-bond acceptors (Lipinski definition) is 0. The third-order valence-corrected chi connectivity index (χ3v) is 1.94. The van der Waals surface area contributed by atoms with E-state index in [1.54, 1.807) is 6.42 Å². The smallest absolute Gasteiger partial charge is 0.210 e. The number of alkyl halides is 2. The van der Waals surface area contributed by atoms with Crippen molar-refractivity contribution in [1.29, 1.82) is 0 Å². The van der Waals surface area contributed by atoms with Crippen molar-refractivity contribution in [3.8, 4) is 0 Å². The molecular formula is C10H19F2. The Hall–Kier alpha value is -0.140. The van der Waals surface area contributed by atoms with Crippen molar-refractivity contribution >= 4 is 0 Å². The fourth-order valence-electron chi connectivity index (χ4n) is 1.18. The molecule has 73 valence electrons. The van der Waals surface area contributed by atoms with Gasteiger partial charge in [0.2, 0.25) is 6.43 Å². The maximum atomic E-state index is 12.3. The first-order valence-corrected chi connectivity index (χ1v) is 4.69. The Balaban J connectivity index is 3.63. The molecule has 1 unspecified atom stereocenters. The van der Waals surface area contributed by atoms with Crippen LogP contribution in [0.1, 0.15) is 40.0 Å². The van der Waals surface area contributed by atoms with Gasteiger partial charge in [0, 0.05) is 5.92 Å². The summed E-state index contributed by atoms with van der Waals surface area (Å²) < 4.78 is 24.6. The SMILES string of the molecule is CC[CH]C(CCC(C)C)C(F)F. The molecule has 0 N–H and O–H groups in total. The van der Waals surface area contributed by atoms with Gasteiger partial charge in [-0.15, -0.1) is 0 Å². The minimum absolute atomic E-state index is 0.489. The van der Waals surface area contributed by atoms with Crippen LogP contribution in [0.4, 0.5) is 8.78 Å². The van der Waals surface area contributed by atoms with Crippen LogP contribution < -0.4 is 0 Å². The van der Waals surface area contributed by atoms with E-state index in [1.165, 1.54) is 0 Å². The van der Waals surface area contributed by atoms with Crippen molar-refractivity contribution in [2.24, 2.45) is 11.8 Å². The summed E-state index contributed by atoms with van der Waals surface area (Å²) in [7, 11) is 0. The van der Waals surface area contributed by atoms with Gasteiger partial charge in [0.05, 0.1) is 0 Å². The van der Waals surface area contributed by atoms with Gasteiger partial charge < -0.3 is 0 Å². The Morgan fingerprint density at radius 2 is 1.75 bits per heavy atom. The van der Waals surface area contributed by atoms with Crippen molar-refractivity contribution < 1.29 is 8.78 Å². The molecule has 0 aliphatic carbocycles. The van der Waals surface area contributed by atoms with Crippen molar-refractivity contribution in [3.63, 3.8) is 0 Å². The Morgan fingerprint density at radius 3 is 2.08 bits per heavy atom. The van der Waals surface area contributed by atoms with Gasteiger partial charge in [-0.05, 0) is 18.8 Å². The molecule has 0 fully saturated rings. The molecule has 0 aromatic carbocycles. The standard InChI is InChI=1S/C10H19F2/c1-4-5-9(10(11)12)7-6-8(2)3/h5,8-10H,4,6-7H2,1-3H3. The lowest BCUT2D eigenvalue weighted by atomic mass is 9.94. The molecule has 0 bridgehead atoms. The van der Waals surface area contributed by atoms with Crippen LogP contribution in [0, 0.1) is 18.3 Å². The van der Waals surface area contributed by atoms with Gasteiger partial charge in [0.25, 0.3) is 0 Å². The Kier molecular flexibility index (Phi) is 6.31. The summed E-state index contributed by atoms with van der Waals surface area (Å²) >= 11 is 0. The second kappa shape index (κ2) is 6.38. The molecule has 0 saturated carbocycles. The minimum atomic E-state index is -2.18. The van der Waals surface area contributed by atoms with Gasteiger partial charge >= 0.3 is 0 Å². The first-order chi connectivity index (χ1) is 5.57. The minimum Gasteiger partial charge on any atom is -0.210 e. The summed E-state index contributed by atoms with van der Waals surface area (Å²) in [6.45, 7) is 6.04. The Bertz CT molecular complexity index is 100. The molecule has 1 atom stereocenters. The Morgan fingerprint density at radius 1 is 1.17 bits per heavy atom. The average Bonchev–Trinajstić information content (AvgIpc) is 1.96. The van der Waals surface area contributed by atoms with Crippen molar-refractivity contribution in [2.45, 2.75) is 46.5 Å². The van der Waals surface area contributed by atoms with Crippen LogP contribution in [0.15, 0.2) is 0 Å². The largest absolute Gasteiger partial charge is 0.241 e. The summed E-state index contributed by atoms with van der Waals surface area (Å²) in [5.74, 6) is 0.0360. The second-order valence-corrected chi connectivity index (χ2v) is 3.61. The van der Waals surface area contributed by atoms with Crippen LogP contribution in [0.3, 0.4) is 0 Å². The van der Waals surface area contributed by atoms with Gasteiger partial charge in [0.1, 0.15) is 0 Å². The summed E-state index contributed by atoms with van der Waals surface area (Å²) in [5, 5.41) is 0. The molecular weight excluding hydrogens is 158 g/mol. The highest BCUT2D eigenvalue weighted by Crippen LogP contribution is 2.22. The normalized spacial score (nSPS) is 14.2. The van der Waals surface area contributed by atoms with Crippen LogP contribution in [0.5, 0.6) is 0 Å². The molecule has 0 amide bonds. The fourth-order valence-corrected chi connectivity index (χ4v) is 1.18. The highest BCUT2D eigenvalue weighted by Gasteiger charge is 2.19. The molecule has 0 aliphatic rings. The highest BCUT2D eigenvalue weighted by atomic mass is 19.3. The molecule has 1 radical (unpaired) electrons. The first kappa shape index (κ1) is 11.9. The molecule has 0 spiro atoms. The van der Waals surface area contributed by atoms with Crippen molar-refractivity contribution in [1.82, 2.24) is 0 Å². The molecule has 0 aliphatic heterocycles. The molecule has 0 saturated heterocycles. The molecule has 0 heterocycles. The monoisotopic (exact) mass is 177 g/mol. The third kappa shape index (κ3) is 5.50. The van der Waals surface area contributed by atoms with E-state index in [0.29, 0.717) is 12.3 Å².